The monoisotopic (exact) mass is 432 g/mol. The number of ether oxygens (including phenoxy) is 1. The smallest absolute Gasteiger partial charge is 0.187 e. The minimum Gasteiger partial charge on any atom is -0.371 e. The highest BCUT2D eigenvalue weighted by Crippen LogP contribution is 2.33. The van der Waals surface area contributed by atoms with Gasteiger partial charge in [-0.05, 0) is 51.6 Å². The molecule has 0 saturated carbocycles. The molecule has 2 atom stereocenters. The van der Waals surface area contributed by atoms with Crippen molar-refractivity contribution < 1.29 is 4.74 Å². The van der Waals surface area contributed by atoms with Gasteiger partial charge in [-0.2, -0.15) is 0 Å². The number of morpholine rings is 1. The van der Waals surface area contributed by atoms with Crippen LogP contribution in [0.4, 0.5) is 5.13 Å². The van der Waals surface area contributed by atoms with Crippen molar-refractivity contribution in [1.29, 1.82) is 0 Å². The molecule has 0 spiro atoms. The lowest BCUT2D eigenvalue weighted by molar-refractivity contribution is 0.0305. The molecule has 1 unspecified atom stereocenters. The molecule has 2 aromatic heterocycles. The number of aryl methyl sites for hydroxylation is 1. The fourth-order valence-electron chi connectivity index (χ4n) is 2.95. The highest BCUT2D eigenvalue weighted by atomic mass is 79.9. The maximum absolute atomic E-state index is 5.89. The minimum atomic E-state index is 0.380. The van der Waals surface area contributed by atoms with Gasteiger partial charge in [0, 0.05) is 18.5 Å². The molecule has 2 aliphatic heterocycles. The van der Waals surface area contributed by atoms with Crippen LogP contribution in [0.5, 0.6) is 0 Å². The Balaban J connectivity index is 1.64. The van der Waals surface area contributed by atoms with Crippen molar-refractivity contribution in [3.05, 3.63) is 20.4 Å². The summed E-state index contributed by atoms with van der Waals surface area (Å²) in [5.41, 5.74) is 0.945. The molecule has 0 N–H and O–H groups in total. The van der Waals surface area contributed by atoms with E-state index in [2.05, 4.69) is 47.1 Å². The largest absolute Gasteiger partial charge is 0.371 e. The number of hydrogen-bond donors (Lipinski definition) is 0. The number of rotatable bonds is 2. The number of hydrogen-bond acceptors (Lipinski definition) is 5. The van der Waals surface area contributed by atoms with Gasteiger partial charge in [0.25, 0.3) is 0 Å². The van der Waals surface area contributed by atoms with E-state index in [1.807, 2.05) is 11.5 Å². The van der Waals surface area contributed by atoms with Crippen LogP contribution in [0.1, 0.15) is 18.5 Å². The summed E-state index contributed by atoms with van der Waals surface area (Å²) >= 11 is 8.74. The zero-order valence-corrected chi connectivity index (χ0v) is 15.4. The lowest BCUT2D eigenvalue weighted by Crippen LogP contribution is -2.42. The van der Waals surface area contributed by atoms with Gasteiger partial charge in [-0.3, -0.25) is 4.57 Å². The molecular weight excluding hydrogens is 420 g/mol. The first-order chi connectivity index (χ1) is 10.1. The van der Waals surface area contributed by atoms with Gasteiger partial charge >= 0.3 is 0 Å². The van der Waals surface area contributed by atoms with Gasteiger partial charge in [0.15, 0.2) is 15.7 Å². The van der Waals surface area contributed by atoms with Crippen LogP contribution in [0.25, 0.3) is 5.82 Å². The molecule has 4 heterocycles. The molecule has 5 nitrogen and oxygen atoms in total. The van der Waals surface area contributed by atoms with Crippen LogP contribution in [-0.4, -0.2) is 39.8 Å². The Morgan fingerprint density at radius 3 is 2.57 bits per heavy atom. The van der Waals surface area contributed by atoms with E-state index >= 15 is 0 Å². The zero-order chi connectivity index (χ0) is 14.6. The van der Waals surface area contributed by atoms with Crippen LogP contribution in [0.3, 0.4) is 0 Å². The average molecular weight is 434 g/mol. The number of halogens is 2. The van der Waals surface area contributed by atoms with E-state index in [9.17, 15) is 0 Å². The van der Waals surface area contributed by atoms with Crippen LogP contribution in [-0.2, 0) is 4.74 Å². The van der Waals surface area contributed by atoms with Crippen LogP contribution < -0.4 is 4.90 Å². The second-order valence-electron chi connectivity index (χ2n) is 5.44. The van der Waals surface area contributed by atoms with Crippen molar-refractivity contribution in [3.63, 3.8) is 0 Å². The summed E-state index contributed by atoms with van der Waals surface area (Å²) in [6.45, 7) is 3.88. The van der Waals surface area contributed by atoms with E-state index in [1.54, 1.807) is 11.3 Å². The maximum atomic E-state index is 5.89. The molecule has 112 valence electrons. The van der Waals surface area contributed by atoms with E-state index < -0.39 is 0 Å². The highest BCUT2D eigenvalue weighted by molar-refractivity contribution is 9.11. The normalized spacial score (nSPS) is 24.8. The third-order valence-corrected chi connectivity index (χ3v) is 6.31. The van der Waals surface area contributed by atoms with E-state index in [0.717, 1.165) is 39.1 Å². The highest BCUT2D eigenvalue weighted by Gasteiger charge is 2.34. The van der Waals surface area contributed by atoms with Gasteiger partial charge in [0.05, 0.1) is 17.9 Å². The summed E-state index contributed by atoms with van der Waals surface area (Å²) in [7, 11) is 0. The Labute approximate surface area is 143 Å². The Hall–Kier alpha value is -0.440. The summed E-state index contributed by atoms with van der Waals surface area (Å²) in [4.78, 5) is 11.5. The topological polar surface area (TPSA) is 43.2 Å². The third kappa shape index (κ3) is 2.46. The summed E-state index contributed by atoms with van der Waals surface area (Å²) in [6.07, 6.45) is 3.11. The van der Waals surface area contributed by atoms with Crippen molar-refractivity contribution in [2.75, 3.05) is 18.0 Å². The Morgan fingerprint density at radius 2 is 1.95 bits per heavy atom. The van der Waals surface area contributed by atoms with E-state index in [1.165, 1.54) is 12.8 Å². The minimum absolute atomic E-state index is 0.380. The fraction of sp³-hybridized carbons (Fsp3) is 0.538. The number of aromatic nitrogens is 3. The van der Waals surface area contributed by atoms with Gasteiger partial charge in [-0.1, -0.05) is 0 Å². The van der Waals surface area contributed by atoms with Gasteiger partial charge in [0.1, 0.15) is 4.60 Å². The summed E-state index contributed by atoms with van der Waals surface area (Å²) in [6, 6.07) is 0. The Kier molecular flexibility index (Phi) is 3.60. The first-order valence-electron chi connectivity index (χ1n) is 6.88. The van der Waals surface area contributed by atoms with Crippen molar-refractivity contribution in [2.45, 2.75) is 32.0 Å². The lowest BCUT2D eigenvalue weighted by Gasteiger charge is -2.31. The van der Waals surface area contributed by atoms with Gasteiger partial charge in [-0.15, -0.1) is 11.3 Å². The summed E-state index contributed by atoms with van der Waals surface area (Å²) in [5, 5.41) is 3.14. The van der Waals surface area contributed by atoms with Crippen molar-refractivity contribution >= 4 is 48.3 Å². The zero-order valence-electron chi connectivity index (χ0n) is 11.4. The number of thiazole rings is 1. The number of fused-ring (bicyclic) bond motifs is 2. The van der Waals surface area contributed by atoms with Gasteiger partial charge < -0.3 is 9.64 Å². The molecule has 2 fully saturated rings. The molecule has 0 amide bonds. The van der Waals surface area contributed by atoms with E-state index in [-0.39, 0.29) is 0 Å². The van der Waals surface area contributed by atoms with Crippen LogP contribution in [0, 0.1) is 6.92 Å². The number of imidazole rings is 1. The molecule has 2 aliphatic rings. The van der Waals surface area contributed by atoms with Gasteiger partial charge in [-0.25, -0.2) is 9.97 Å². The Bertz CT molecular complexity index is 674. The predicted octanol–water partition coefficient (Wildman–Crippen LogP) is 3.53. The molecule has 8 heteroatoms. The van der Waals surface area contributed by atoms with Crippen LogP contribution >= 0.6 is 43.2 Å². The van der Waals surface area contributed by atoms with Crippen molar-refractivity contribution in [3.8, 4) is 5.82 Å². The molecule has 2 aromatic rings. The van der Waals surface area contributed by atoms with Crippen molar-refractivity contribution in [1.82, 2.24) is 14.5 Å². The molecule has 2 saturated heterocycles. The molecule has 2 bridgehead atoms. The fourth-order valence-corrected chi connectivity index (χ4v) is 5.06. The molecule has 0 radical (unpaired) electrons. The predicted molar refractivity (Wildman–Crippen MR) is 89.5 cm³/mol. The first-order valence-corrected chi connectivity index (χ1v) is 9.35. The van der Waals surface area contributed by atoms with Crippen LogP contribution in [0.15, 0.2) is 14.7 Å². The lowest BCUT2D eigenvalue weighted by atomic mass is 10.2. The molecule has 0 aromatic carbocycles. The quantitative estimate of drug-likeness (QED) is 0.726. The van der Waals surface area contributed by atoms with Gasteiger partial charge in [0.2, 0.25) is 0 Å². The molecular formula is C13H14Br2N4OS. The summed E-state index contributed by atoms with van der Waals surface area (Å²) < 4.78 is 9.57. The van der Waals surface area contributed by atoms with Crippen LogP contribution in [0.2, 0.25) is 0 Å². The van der Waals surface area contributed by atoms with Crippen molar-refractivity contribution in [2.24, 2.45) is 0 Å². The Morgan fingerprint density at radius 1 is 1.24 bits per heavy atom. The molecule has 21 heavy (non-hydrogen) atoms. The van der Waals surface area contributed by atoms with E-state index in [4.69, 9.17) is 9.72 Å². The second kappa shape index (κ2) is 5.33. The summed E-state index contributed by atoms with van der Waals surface area (Å²) in [5.74, 6) is 0.896. The number of anilines is 1. The number of nitrogens with zero attached hydrogens (tertiary/aromatic N) is 4. The first kappa shape index (κ1) is 14.2. The molecule has 0 aliphatic carbocycles. The second-order valence-corrected chi connectivity index (χ2v) is 7.74. The van der Waals surface area contributed by atoms with E-state index in [0.29, 0.717) is 12.2 Å². The SMILES string of the molecule is Cc1nc(Br)n(-c2csc(N3CC4CC[C@H](C3)O4)n2)c1Br. The third-order valence-electron chi connectivity index (χ3n) is 3.96. The average Bonchev–Trinajstić information content (AvgIpc) is 3.11. The standard InChI is InChI=1S/C13H14Br2N4OS/c1-7-11(14)19(12(15)16-7)10-6-21-13(17-10)18-4-8-2-3-9(5-18)20-8/h6,8-9H,2-5H2,1H3/t8-,9?/m1/s1. The maximum Gasteiger partial charge on any atom is 0.187 e. The molecule has 4 rings (SSSR count).